The van der Waals surface area contributed by atoms with Crippen molar-refractivity contribution in [2.24, 2.45) is 0 Å². The number of hydrogen-bond donors (Lipinski definition) is 1. The summed E-state index contributed by atoms with van der Waals surface area (Å²) in [6, 6.07) is 0.374. The van der Waals surface area contributed by atoms with Crippen molar-refractivity contribution in [3.63, 3.8) is 0 Å². The van der Waals surface area contributed by atoms with E-state index in [0.717, 1.165) is 80.9 Å². The number of fused-ring (bicyclic) bond motifs is 1. The second-order valence-electron chi connectivity index (χ2n) is 7.92. The zero-order valence-electron chi connectivity index (χ0n) is 16.9. The maximum Gasteiger partial charge on any atom is 0.201 e. The number of aromatic nitrogens is 3. The lowest BCUT2D eigenvalue weighted by molar-refractivity contribution is 0.0162. The third-order valence-corrected chi connectivity index (χ3v) is 6.03. The number of aryl methyl sites for hydroxylation is 1. The molecule has 3 aliphatic rings. The predicted molar refractivity (Wildman–Crippen MR) is 109 cm³/mol. The van der Waals surface area contributed by atoms with Gasteiger partial charge < -0.3 is 24.4 Å². The van der Waals surface area contributed by atoms with E-state index < -0.39 is 0 Å². The van der Waals surface area contributed by atoms with Gasteiger partial charge in [-0.1, -0.05) is 0 Å². The van der Waals surface area contributed by atoms with Crippen LogP contribution in [0.5, 0.6) is 0 Å². The van der Waals surface area contributed by atoms with Gasteiger partial charge in [0.2, 0.25) is 6.23 Å². The van der Waals surface area contributed by atoms with Gasteiger partial charge in [-0.05, 0) is 32.6 Å². The molecule has 3 aliphatic heterocycles. The Morgan fingerprint density at radius 1 is 1.17 bits per heavy atom. The van der Waals surface area contributed by atoms with Crippen LogP contribution in [0.4, 0.5) is 5.69 Å². The molecule has 0 saturated carbocycles. The molecular weight excluding hydrogens is 370 g/mol. The largest absolute Gasteiger partial charge is 0.472 e. The SMILES string of the molecule is CCn1ncc2c(NC3CCOCC3)c(C3OC=CN3CC3CCCO3)cnc21. The molecule has 0 spiro atoms. The maximum absolute atomic E-state index is 6.03. The number of rotatable bonds is 6. The van der Waals surface area contributed by atoms with Crippen LogP contribution in [0, 0.1) is 0 Å². The summed E-state index contributed by atoms with van der Waals surface area (Å²) in [5.41, 5.74) is 3.03. The van der Waals surface area contributed by atoms with E-state index in [2.05, 4.69) is 22.2 Å². The minimum Gasteiger partial charge on any atom is -0.472 e. The third-order valence-electron chi connectivity index (χ3n) is 6.03. The fourth-order valence-corrected chi connectivity index (χ4v) is 4.44. The first-order valence-electron chi connectivity index (χ1n) is 10.7. The lowest BCUT2D eigenvalue weighted by Crippen LogP contribution is -2.32. The van der Waals surface area contributed by atoms with E-state index in [1.807, 2.05) is 23.3 Å². The lowest BCUT2D eigenvalue weighted by atomic mass is 10.1. The third kappa shape index (κ3) is 3.67. The standard InChI is InChI=1S/C21H29N5O3/c1-2-26-20-17(13-23-26)19(24-15-5-9-27-10-6-15)18(12-22-20)21-25(7-11-29-21)14-16-4-3-8-28-16/h7,11-13,15-16,21H,2-6,8-10,14H2,1H3,(H,22,24). The summed E-state index contributed by atoms with van der Waals surface area (Å²) in [5.74, 6) is 0. The Bertz CT molecular complexity index is 871. The average Bonchev–Trinajstić information content (AvgIpc) is 3.50. The second kappa shape index (κ2) is 8.20. The number of nitrogens with one attached hydrogen (secondary N) is 1. The Kier molecular flexibility index (Phi) is 5.28. The molecule has 0 aliphatic carbocycles. The highest BCUT2D eigenvalue weighted by atomic mass is 16.5. The summed E-state index contributed by atoms with van der Waals surface area (Å²) in [6.07, 6.45) is 11.9. The van der Waals surface area contributed by atoms with Gasteiger partial charge in [-0.25, -0.2) is 9.67 Å². The van der Waals surface area contributed by atoms with Gasteiger partial charge in [-0.15, -0.1) is 0 Å². The smallest absolute Gasteiger partial charge is 0.201 e. The summed E-state index contributed by atoms with van der Waals surface area (Å²) < 4.78 is 19.4. The van der Waals surface area contributed by atoms with Crippen LogP contribution in [0.1, 0.15) is 44.4 Å². The molecule has 2 atom stereocenters. The van der Waals surface area contributed by atoms with Crippen LogP contribution in [-0.2, 0) is 20.8 Å². The first-order chi connectivity index (χ1) is 14.3. The van der Waals surface area contributed by atoms with E-state index in [0.29, 0.717) is 6.04 Å². The average molecular weight is 399 g/mol. The van der Waals surface area contributed by atoms with Crippen LogP contribution < -0.4 is 5.32 Å². The summed E-state index contributed by atoms with van der Waals surface area (Å²) in [7, 11) is 0. The van der Waals surface area contributed by atoms with Gasteiger partial charge in [0.15, 0.2) is 5.65 Å². The van der Waals surface area contributed by atoms with Gasteiger partial charge in [0.1, 0.15) is 6.26 Å². The van der Waals surface area contributed by atoms with Crippen LogP contribution >= 0.6 is 0 Å². The molecule has 2 fully saturated rings. The summed E-state index contributed by atoms with van der Waals surface area (Å²) in [4.78, 5) is 6.97. The highest BCUT2D eigenvalue weighted by Crippen LogP contribution is 2.37. The lowest BCUT2D eigenvalue weighted by Gasteiger charge is -2.30. The molecule has 0 bridgehead atoms. The molecular formula is C21H29N5O3. The normalized spacial score (nSPS) is 25.1. The van der Waals surface area contributed by atoms with E-state index in [9.17, 15) is 0 Å². The fourth-order valence-electron chi connectivity index (χ4n) is 4.44. The molecule has 2 aromatic rings. The first-order valence-corrected chi connectivity index (χ1v) is 10.7. The zero-order valence-corrected chi connectivity index (χ0v) is 16.9. The molecule has 0 aromatic carbocycles. The van der Waals surface area contributed by atoms with Crippen molar-refractivity contribution in [3.8, 4) is 0 Å². The monoisotopic (exact) mass is 399 g/mol. The Morgan fingerprint density at radius 2 is 2.07 bits per heavy atom. The van der Waals surface area contributed by atoms with Crippen LogP contribution in [0.15, 0.2) is 24.9 Å². The van der Waals surface area contributed by atoms with Crippen molar-refractivity contribution in [1.29, 1.82) is 0 Å². The molecule has 8 nitrogen and oxygen atoms in total. The zero-order chi connectivity index (χ0) is 19.6. The Morgan fingerprint density at radius 3 is 2.86 bits per heavy atom. The van der Waals surface area contributed by atoms with Crippen LogP contribution in [0.25, 0.3) is 11.0 Å². The number of ether oxygens (including phenoxy) is 3. The molecule has 1 N–H and O–H groups in total. The number of anilines is 1. The van der Waals surface area contributed by atoms with Gasteiger partial charge in [0.05, 0.1) is 28.9 Å². The highest BCUT2D eigenvalue weighted by molar-refractivity contribution is 5.91. The van der Waals surface area contributed by atoms with Gasteiger partial charge in [-0.2, -0.15) is 5.10 Å². The van der Waals surface area contributed by atoms with Crippen molar-refractivity contribution < 1.29 is 14.2 Å². The number of nitrogens with zero attached hydrogens (tertiary/aromatic N) is 4. The van der Waals surface area contributed by atoms with Crippen molar-refractivity contribution >= 4 is 16.7 Å². The van der Waals surface area contributed by atoms with E-state index >= 15 is 0 Å². The Labute approximate surface area is 170 Å². The van der Waals surface area contributed by atoms with E-state index in [1.165, 1.54) is 0 Å². The summed E-state index contributed by atoms with van der Waals surface area (Å²) in [5, 5.41) is 9.36. The van der Waals surface area contributed by atoms with Gasteiger partial charge in [0, 0.05) is 51.3 Å². The van der Waals surface area contributed by atoms with Crippen LogP contribution in [0.3, 0.4) is 0 Å². The van der Waals surface area contributed by atoms with Crippen LogP contribution in [0.2, 0.25) is 0 Å². The maximum atomic E-state index is 6.03. The molecule has 0 radical (unpaired) electrons. The molecule has 5 heterocycles. The number of hydrogen-bond acceptors (Lipinski definition) is 7. The van der Waals surface area contributed by atoms with Gasteiger partial charge in [-0.3, -0.25) is 0 Å². The number of pyridine rings is 1. The van der Waals surface area contributed by atoms with Gasteiger partial charge in [0.25, 0.3) is 0 Å². The van der Waals surface area contributed by atoms with Crippen molar-refractivity contribution in [2.45, 2.75) is 57.5 Å². The predicted octanol–water partition coefficient (Wildman–Crippen LogP) is 3.02. The van der Waals surface area contributed by atoms with E-state index in [-0.39, 0.29) is 12.3 Å². The summed E-state index contributed by atoms with van der Waals surface area (Å²) in [6.45, 7) is 6.14. The molecule has 29 heavy (non-hydrogen) atoms. The topological polar surface area (TPSA) is 73.7 Å². The van der Waals surface area contributed by atoms with Crippen molar-refractivity contribution in [1.82, 2.24) is 19.7 Å². The highest BCUT2D eigenvalue weighted by Gasteiger charge is 2.31. The Hall–Kier alpha value is -2.32. The molecule has 0 amide bonds. The molecule has 5 rings (SSSR count). The summed E-state index contributed by atoms with van der Waals surface area (Å²) >= 11 is 0. The molecule has 156 valence electrons. The van der Waals surface area contributed by atoms with E-state index in [4.69, 9.17) is 19.2 Å². The second-order valence-corrected chi connectivity index (χ2v) is 7.92. The van der Waals surface area contributed by atoms with Crippen LogP contribution in [-0.4, -0.2) is 58.2 Å². The quantitative estimate of drug-likeness (QED) is 0.800. The van der Waals surface area contributed by atoms with Gasteiger partial charge >= 0.3 is 0 Å². The molecule has 2 aromatic heterocycles. The first kappa shape index (κ1) is 18.7. The minimum absolute atomic E-state index is 0.205. The minimum atomic E-state index is -0.205. The van der Waals surface area contributed by atoms with Crippen molar-refractivity contribution in [2.75, 3.05) is 31.7 Å². The van der Waals surface area contributed by atoms with E-state index in [1.54, 1.807) is 6.26 Å². The Balaban J connectivity index is 1.48. The molecule has 2 unspecified atom stereocenters. The van der Waals surface area contributed by atoms with Crippen molar-refractivity contribution in [3.05, 3.63) is 30.4 Å². The molecule has 2 saturated heterocycles. The fraction of sp³-hybridized carbons (Fsp3) is 0.619. The molecule has 8 heteroatoms.